The van der Waals surface area contributed by atoms with Gasteiger partial charge in [-0.25, -0.2) is 4.79 Å². The molecule has 0 aliphatic carbocycles. The molecule has 1 heterocycles. The molecule has 2 aromatic carbocycles. The van der Waals surface area contributed by atoms with E-state index >= 15 is 0 Å². The number of aromatic nitrogens is 1. The van der Waals surface area contributed by atoms with Crippen LogP contribution in [-0.2, 0) is 11.3 Å². The minimum Gasteiger partial charge on any atom is -0.488 e. The summed E-state index contributed by atoms with van der Waals surface area (Å²) in [6.45, 7) is 8.02. The monoisotopic (exact) mass is 441 g/mol. The second-order valence-corrected chi connectivity index (χ2v) is 8.58. The SMILES string of the molecule is Cc1ccc(-c2cc(Br)cn2C(=O)OC(C)(C)C)c(OCc2ccccc2)c1. The first-order chi connectivity index (χ1) is 13.2. The zero-order chi connectivity index (χ0) is 20.3. The van der Waals surface area contributed by atoms with Crippen LogP contribution in [0, 0.1) is 6.92 Å². The topological polar surface area (TPSA) is 40.5 Å². The van der Waals surface area contributed by atoms with Crippen LogP contribution in [0.15, 0.2) is 65.3 Å². The fraction of sp³-hybridized carbons (Fsp3) is 0.261. The number of carbonyl (C=O) groups is 1. The van der Waals surface area contributed by atoms with Gasteiger partial charge in [-0.2, -0.15) is 0 Å². The molecule has 0 aliphatic rings. The first-order valence-electron chi connectivity index (χ1n) is 9.12. The van der Waals surface area contributed by atoms with Crippen LogP contribution < -0.4 is 4.74 Å². The van der Waals surface area contributed by atoms with Crippen LogP contribution in [0.2, 0.25) is 0 Å². The van der Waals surface area contributed by atoms with Crippen LogP contribution in [0.4, 0.5) is 4.79 Å². The molecule has 5 heteroatoms. The van der Waals surface area contributed by atoms with Gasteiger partial charge in [0, 0.05) is 16.2 Å². The number of hydrogen-bond donors (Lipinski definition) is 0. The number of hydrogen-bond acceptors (Lipinski definition) is 3. The molecule has 3 rings (SSSR count). The Morgan fingerprint density at radius 2 is 1.79 bits per heavy atom. The lowest BCUT2D eigenvalue weighted by Gasteiger charge is -2.21. The predicted molar refractivity (Wildman–Crippen MR) is 115 cm³/mol. The lowest BCUT2D eigenvalue weighted by Crippen LogP contribution is -2.27. The smallest absolute Gasteiger partial charge is 0.419 e. The minimum atomic E-state index is -0.578. The van der Waals surface area contributed by atoms with Crippen molar-refractivity contribution in [2.75, 3.05) is 0 Å². The first kappa shape index (κ1) is 20.2. The van der Waals surface area contributed by atoms with Crippen molar-refractivity contribution in [2.24, 2.45) is 0 Å². The molecule has 0 spiro atoms. The van der Waals surface area contributed by atoms with Gasteiger partial charge in [0.1, 0.15) is 18.0 Å². The third-order valence-corrected chi connectivity index (χ3v) is 4.46. The van der Waals surface area contributed by atoms with Crippen LogP contribution in [-0.4, -0.2) is 16.3 Å². The van der Waals surface area contributed by atoms with Gasteiger partial charge < -0.3 is 9.47 Å². The summed E-state index contributed by atoms with van der Waals surface area (Å²) in [7, 11) is 0. The van der Waals surface area contributed by atoms with Crippen molar-refractivity contribution >= 4 is 22.0 Å². The standard InChI is InChI=1S/C23H24BrNO3/c1-16-10-11-19(21(12-16)27-15-17-8-6-5-7-9-17)20-13-18(24)14-25(20)22(26)28-23(2,3)4/h5-14H,15H2,1-4H3. The van der Waals surface area contributed by atoms with E-state index in [9.17, 15) is 4.79 Å². The Labute approximate surface area is 174 Å². The van der Waals surface area contributed by atoms with E-state index in [1.807, 2.05) is 82.3 Å². The fourth-order valence-electron chi connectivity index (χ4n) is 2.80. The zero-order valence-corrected chi connectivity index (χ0v) is 18.1. The van der Waals surface area contributed by atoms with Gasteiger partial charge in [0.05, 0.1) is 5.69 Å². The summed E-state index contributed by atoms with van der Waals surface area (Å²) in [5.41, 5.74) is 3.13. The Balaban J connectivity index is 1.96. The van der Waals surface area contributed by atoms with E-state index < -0.39 is 11.7 Å². The summed E-state index contributed by atoms with van der Waals surface area (Å²) in [6.07, 6.45) is 1.28. The van der Waals surface area contributed by atoms with E-state index in [-0.39, 0.29) is 0 Å². The Kier molecular flexibility index (Phi) is 5.94. The molecule has 0 N–H and O–H groups in total. The Hall–Kier alpha value is -2.53. The minimum absolute atomic E-state index is 0.428. The number of nitrogens with zero attached hydrogens (tertiary/aromatic N) is 1. The molecule has 146 valence electrons. The van der Waals surface area contributed by atoms with Gasteiger partial charge in [-0.1, -0.05) is 36.4 Å². The summed E-state index contributed by atoms with van der Waals surface area (Å²) in [5, 5.41) is 0. The predicted octanol–water partition coefficient (Wildman–Crippen LogP) is 6.59. The average molecular weight is 442 g/mol. The van der Waals surface area contributed by atoms with E-state index in [1.54, 1.807) is 6.20 Å². The lowest BCUT2D eigenvalue weighted by molar-refractivity contribution is 0.0540. The Morgan fingerprint density at radius 1 is 1.07 bits per heavy atom. The number of aryl methyl sites for hydroxylation is 1. The molecule has 1 aromatic heterocycles. The maximum absolute atomic E-state index is 12.7. The molecule has 0 unspecified atom stereocenters. The van der Waals surface area contributed by atoms with Gasteiger partial charge in [-0.05, 0) is 73.0 Å². The molecule has 0 saturated heterocycles. The van der Waals surface area contributed by atoms with E-state index in [0.29, 0.717) is 12.3 Å². The Morgan fingerprint density at radius 3 is 2.46 bits per heavy atom. The van der Waals surface area contributed by atoms with Gasteiger partial charge in [-0.3, -0.25) is 4.57 Å². The molecular weight excluding hydrogens is 418 g/mol. The number of benzene rings is 2. The van der Waals surface area contributed by atoms with E-state index in [2.05, 4.69) is 15.9 Å². The van der Waals surface area contributed by atoms with Crippen LogP contribution in [0.5, 0.6) is 5.75 Å². The van der Waals surface area contributed by atoms with Crippen molar-refractivity contribution in [1.29, 1.82) is 0 Å². The summed E-state index contributed by atoms with van der Waals surface area (Å²) < 4.78 is 14.0. The highest BCUT2D eigenvalue weighted by atomic mass is 79.9. The van der Waals surface area contributed by atoms with Gasteiger partial charge in [0.25, 0.3) is 0 Å². The first-order valence-corrected chi connectivity index (χ1v) is 9.91. The van der Waals surface area contributed by atoms with Crippen molar-refractivity contribution in [3.05, 3.63) is 76.4 Å². The molecule has 0 amide bonds. The molecule has 3 aromatic rings. The van der Waals surface area contributed by atoms with Crippen molar-refractivity contribution in [3.8, 4) is 17.0 Å². The number of carbonyl (C=O) groups excluding carboxylic acids is 1. The van der Waals surface area contributed by atoms with Crippen LogP contribution in [0.3, 0.4) is 0 Å². The van der Waals surface area contributed by atoms with Gasteiger partial charge in [0.2, 0.25) is 0 Å². The normalized spacial score (nSPS) is 11.3. The van der Waals surface area contributed by atoms with Gasteiger partial charge in [-0.15, -0.1) is 0 Å². The maximum Gasteiger partial charge on any atom is 0.419 e. The van der Waals surface area contributed by atoms with Crippen molar-refractivity contribution in [2.45, 2.75) is 39.9 Å². The molecular formula is C23H24BrNO3. The molecule has 28 heavy (non-hydrogen) atoms. The van der Waals surface area contributed by atoms with E-state index in [1.165, 1.54) is 4.57 Å². The van der Waals surface area contributed by atoms with E-state index in [0.717, 1.165) is 26.9 Å². The molecule has 0 fully saturated rings. The quantitative estimate of drug-likeness (QED) is 0.458. The molecule has 4 nitrogen and oxygen atoms in total. The summed E-state index contributed by atoms with van der Waals surface area (Å²) >= 11 is 3.47. The highest BCUT2D eigenvalue weighted by Gasteiger charge is 2.22. The van der Waals surface area contributed by atoms with E-state index in [4.69, 9.17) is 9.47 Å². The van der Waals surface area contributed by atoms with Crippen LogP contribution in [0.25, 0.3) is 11.3 Å². The van der Waals surface area contributed by atoms with Crippen molar-refractivity contribution in [3.63, 3.8) is 0 Å². The molecule has 0 radical (unpaired) electrons. The van der Waals surface area contributed by atoms with Gasteiger partial charge in [0.15, 0.2) is 0 Å². The summed E-state index contributed by atoms with van der Waals surface area (Å²) in [4.78, 5) is 12.7. The third kappa shape index (κ3) is 5.04. The summed E-state index contributed by atoms with van der Waals surface area (Å²) in [5.74, 6) is 0.722. The van der Waals surface area contributed by atoms with Crippen molar-refractivity contribution in [1.82, 2.24) is 4.57 Å². The maximum atomic E-state index is 12.7. The zero-order valence-electron chi connectivity index (χ0n) is 16.5. The molecule has 0 bridgehead atoms. The van der Waals surface area contributed by atoms with Crippen LogP contribution in [0.1, 0.15) is 31.9 Å². The highest BCUT2D eigenvalue weighted by molar-refractivity contribution is 9.10. The number of halogens is 1. The van der Waals surface area contributed by atoms with Crippen LogP contribution >= 0.6 is 15.9 Å². The average Bonchev–Trinajstić information content (AvgIpc) is 3.01. The Bertz CT molecular complexity index is 971. The number of ether oxygens (including phenoxy) is 2. The lowest BCUT2D eigenvalue weighted by atomic mass is 10.1. The van der Waals surface area contributed by atoms with Crippen molar-refractivity contribution < 1.29 is 14.3 Å². The third-order valence-electron chi connectivity index (χ3n) is 4.03. The molecule has 0 aliphatic heterocycles. The second-order valence-electron chi connectivity index (χ2n) is 7.67. The molecule has 0 saturated carbocycles. The number of rotatable bonds is 4. The summed E-state index contributed by atoms with van der Waals surface area (Å²) in [6, 6.07) is 17.9. The fourth-order valence-corrected chi connectivity index (χ4v) is 3.22. The molecule has 0 atom stereocenters. The largest absolute Gasteiger partial charge is 0.488 e. The second kappa shape index (κ2) is 8.23. The van der Waals surface area contributed by atoms with Gasteiger partial charge >= 0.3 is 6.09 Å². The highest BCUT2D eigenvalue weighted by Crippen LogP contribution is 2.34.